The molecule has 0 atom stereocenters. The molecule has 2 aliphatic rings. The fourth-order valence-corrected chi connectivity index (χ4v) is 6.94. The lowest BCUT2D eigenvalue weighted by Crippen LogP contribution is -2.26. The molecule has 2 aromatic heterocycles. The van der Waals surface area contributed by atoms with Gasteiger partial charge in [-0.2, -0.15) is 0 Å². The highest BCUT2D eigenvalue weighted by Gasteiger charge is 2.23. The maximum atomic E-state index is 15.8. The number of hydrogen-bond donors (Lipinski definition) is 2. The van der Waals surface area contributed by atoms with Crippen LogP contribution in [-0.4, -0.2) is 41.1 Å². The molecular formula is C39H39F2N5O3. The van der Waals surface area contributed by atoms with Crippen molar-refractivity contribution in [1.82, 2.24) is 14.5 Å². The van der Waals surface area contributed by atoms with Crippen molar-refractivity contribution in [3.63, 3.8) is 0 Å². The lowest BCUT2D eigenvalue weighted by molar-refractivity contribution is -0.120. The average Bonchev–Trinajstić information content (AvgIpc) is 3.10. The summed E-state index contributed by atoms with van der Waals surface area (Å²) in [6.45, 7) is 1.82. The molecule has 1 aliphatic heterocycles. The molecule has 1 saturated carbocycles. The predicted molar refractivity (Wildman–Crippen MR) is 188 cm³/mol. The average molecular weight is 664 g/mol. The topological polar surface area (TPSA) is 88.5 Å². The number of halogens is 2. The van der Waals surface area contributed by atoms with Crippen LogP contribution in [0, 0.1) is 17.6 Å². The monoisotopic (exact) mass is 663 g/mol. The highest BCUT2D eigenvalue weighted by Crippen LogP contribution is 2.34. The van der Waals surface area contributed by atoms with Crippen molar-refractivity contribution < 1.29 is 18.3 Å². The Morgan fingerprint density at radius 2 is 1.73 bits per heavy atom. The number of methoxy groups -OCH3 is 1. The van der Waals surface area contributed by atoms with Crippen molar-refractivity contribution in [3.05, 3.63) is 112 Å². The van der Waals surface area contributed by atoms with Crippen LogP contribution in [0.15, 0.2) is 77.7 Å². The quantitative estimate of drug-likeness (QED) is 0.177. The second-order valence-corrected chi connectivity index (χ2v) is 13.1. The first-order valence-electron chi connectivity index (χ1n) is 16.8. The number of carbonyl (C=O) groups excluding carboxylic acids is 1. The van der Waals surface area contributed by atoms with Gasteiger partial charge in [0.25, 0.3) is 5.56 Å². The lowest BCUT2D eigenvalue weighted by Gasteiger charge is -2.26. The number of rotatable bonds is 8. The summed E-state index contributed by atoms with van der Waals surface area (Å²) in [6.07, 6.45) is 7.26. The lowest BCUT2D eigenvalue weighted by atomic mass is 9.88. The molecule has 3 heterocycles. The van der Waals surface area contributed by atoms with Crippen LogP contribution in [0.2, 0.25) is 0 Å². The van der Waals surface area contributed by atoms with E-state index in [1.54, 1.807) is 54.3 Å². The van der Waals surface area contributed by atoms with Crippen molar-refractivity contribution >= 4 is 33.9 Å². The molecular weight excluding hydrogens is 624 g/mol. The Kier molecular flexibility index (Phi) is 9.14. The summed E-state index contributed by atoms with van der Waals surface area (Å²) in [5.74, 6) is -0.455. The molecule has 7 rings (SSSR count). The van der Waals surface area contributed by atoms with Crippen LogP contribution in [0.3, 0.4) is 0 Å². The molecule has 1 aliphatic carbocycles. The van der Waals surface area contributed by atoms with E-state index in [1.165, 1.54) is 6.07 Å². The minimum atomic E-state index is -0.574. The van der Waals surface area contributed by atoms with Gasteiger partial charge >= 0.3 is 0 Å². The molecule has 1 fully saturated rings. The zero-order valence-corrected chi connectivity index (χ0v) is 27.7. The van der Waals surface area contributed by atoms with Gasteiger partial charge in [-0.15, -0.1) is 0 Å². The van der Waals surface area contributed by atoms with Gasteiger partial charge in [-0.3, -0.25) is 9.59 Å². The van der Waals surface area contributed by atoms with Gasteiger partial charge in [0.2, 0.25) is 5.91 Å². The number of carbonyl (C=O) groups is 1. The summed E-state index contributed by atoms with van der Waals surface area (Å²) < 4.78 is 38.2. The Morgan fingerprint density at radius 1 is 0.939 bits per heavy atom. The van der Waals surface area contributed by atoms with Gasteiger partial charge in [-0.1, -0.05) is 31.4 Å². The third-order valence-corrected chi connectivity index (χ3v) is 9.70. The zero-order chi connectivity index (χ0) is 34.1. The number of ether oxygens (including phenoxy) is 1. The zero-order valence-electron chi connectivity index (χ0n) is 27.7. The molecule has 0 radical (unpaired) electrons. The van der Waals surface area contributed by atoms with Crippen LogP contribution in [0.25, 0.3) is 22.2 Å². The van der Waals surface area contributed by atoms with Crippen molar-refractivity contribution in [1.29, 1.82) is 0 Å². The number of benzene rings is 3. The third kappa shape index (κ3) is 6.91. The van der Waals surface area contributed by atoms with E-state index in [9.17, 15) is 9.59 Å². The van der Waals surface area contributed by atoms with E-state index in [4.69, 9.17) is 9.72 Å². The van der Waals surface area contributed by atoms with Gasteiger partial charge in [0.15, 0.2) is 0 Å². The summed E-state index contributed by atoms with van der Waals surface area (Å²) in [4.78, 5) is 33.8. The van der Waals surface area contributed by atoms with Gasteiger partial charge in [0, 0.05) is 36.5 Å². The molecule has 1 amide bonds. The first kappa shape index (κ1) is 32.5. The number of aromatic nitrogens is 2. The predicted octanol–water partition coefficient (Wildman–Crippen LogP) is 7.65. The van der Waals surface area contributed by atoms with Gasteiger partial charge in [0.1, 0.15) is 17.4 Å². The Labute approximate surface area is 283 Å². The van der Waals surface area contributed by atoms with Crippen LogP contribution in [0.5, 0.6) is 5.75 Å². The van der Waals surface area contributed by atoms with Gasteiger partial charge in [-0.25, -0.2) is 13.8 Å². The highest BCUT2D eigenvalue weighted by molar-refractivity contribution is 5.96. The molecule has 0 bridgehead atoms. The van der Waals surface area contributed by atoms with Crippen molar-refractivity contribution in [2.75, 3.05) is 31.3 Å². The maximum absolute atomic E-state index is 15.8. The van der Waals surface area contributed by atoms with E-state index >= 15 is 8.78 Å². The fraction of sp³-hybridized carbons (Fsp3) is 0.308. The fourth-order valence-electron chi connectivity index (χ4n) is 6.94. The second-order valence-electron chi connectivity index (χ2n) is 13.1. The molecule has 10 heteroatoms. The smallest absolute Gasteiger partial charge is 0.262 e. The van der Waals surface area contributed by atoms with Crippen molar-refractivity contribution in [3.8, 4) is 17.0 Å². The van der Waals surface area contributed by atoms with Gasteiger partial charge in [0.05, 0.1) is 41.6 Å². The molecule has 0 spiro atoms. The number of nitrogens with zero attached hydrogens (tertiary/aromatic N) is 3. The summed E-state index contributed by atoms with van der Waals surface area (Å²) >= 11 is 0. The standard InChI is InChI=1S/C39H39F2N5O3/c1-45-16-14-26-18-32(41)35(19-27(26)23-45)44-36-21-34(30-13-10-28(20-31(30)40)42-38(47)25-6-4-3-5-7-25)43-33-15-17-46(39(48)37(33)36)22-24-8-11-29(49-2)12-9-24/h8-13,15,17-21,25H,3-7,14,16,22-23H2,1-2H3,(H,42,47)(H,43,44). The summed E-state index contributed by atoms with van der Waals surface area (Å²) in [7, 11) is 3.62. The van der Waals surface area contributed by atoms with Crippen LogP contribution in [0.4, 0.5) is 25.8 Å². The summed E-state index contributed by atoms with van der Waals surface area (Å²) in [5.41, 5.74) is 4.23. The SMILES string of the molecule is COc1ccc(Cn2ccc3nc(-c4ccc(NC(=O)C5CCCCC5)cc4F)cc(Nc4cc5c(cc4F)CCN(C)C5)c3c2=O)cc1. The molecule has 0 unspecified atom stereocenters. The number of amides is 1. The van der Waals surface area contributed by atoms with Gasteiger partial charge < -0.3 is 24.8 Å². The molecule has 0 saturated heterocycles. The Hall–Kier alpha value is -5.09. The first-order chi connectivity index (χ1) is 23.7. The summed E-state index contributed by atoms with van der Waals surface area (Å²) in [6, 6.07) is 18.6. The number of hydrogen-bond acceptors (Lipinski definition) is 6. The van der Waals surface area contributed by atoms with E-state index in [1.807, 2.05) is 31.3 Å². The molecule has 5 aromatic rings. The van der Waals surface area contributed by atoms with Crippen LogP contribution >= 0.6 is 0 Å². The van der Waals surface area contributed by atoms with Gasteiger partial charge in [-0.05, 0) is 97.6 Å². The van der Waals surface area contributed by atoms with E-state index < -0.39 is 11.6 Å². The normalized spacial score (nSPS) is 15.2. The summed E-state index contributed by atoms with van der Waals surface area (Å²) in [5, 5.41) is 6.31. The minimum Gasteiger partial charge on any atom is -0.497 e. The third-order valence-electron chi connectivity index (χ3n) is 9.70. The van der Waals surface area contributed by atoms with Crippen LogP contribution < -0.4 is 20.9 Å². The number of anilines is 3. The molecule has 3 aromatic carbocycles. The van der Waals surface area contributed by atoms with E-state index in [-0.39, 0.29) is 39.7 Å². The second kappa shape index (κ2) is 13.8. The van der Waals surface area contributed by atoms with Crippen molar-refractivity contribution in [2.45, 2.75) is 51.6 Å². The maximum Gasteiger partial charge on any atom is 0.262 e. The van der Waals surface area contributed by atoms with E-state index in [0.29, 0.717) is 35.7 Å². The number of fused-ring (bicyclic) bond motifs is 2. The van der Waals surface area contributed by atoms with E-state index in [2.05, 4.69) is 15.5 Å². The first-order valence-corrected chi connectivity index (χ1v) is 16.8. The number of nitrogens with one attached hydrogen (secondary N) is 2. The van der Waals surface area contributed by atoms with Crippen LogP contribution in [0.1, 0.15) is 48.8 Å². The van der Waals surface area contributed by atoms with E-state index in [0.717, 1.165) is 61.8 Å². The highest BCUT2D eigenvalue weighted by atomic mass is 19.1. The molecule has 8 nitrogen and oxygen atoms in total. The number of likely N-dealkylation sites (N-methyl/N-ethyl adjacent to an activating group) is 1. The number of pyridine rings is 2. The largest absolute Gasteiger partial charge is 0.497 e. The van der Waals surface area contributed by atoms with Crippen LogP contribution in [-0.2, 0) is 24.3 Å². The minimum absolute atomic E-state index is 0.0644. The molecule has 49 heavy (non-hydrogen) atoms. The Balaban J connectivity index is 1.28. The molecule has 2 N–H and O–H groups in total. The Bertz CT molecular complexity index is 2090. The Morgan fingerprint density at radius 3 is 2.49 bits per heavy atom. The van der Waals surface area contributed by atoms with Crippen molar-refractivity contribution in [2.24, 2.45) is 5.92 Å². The molecule has 252 valence electrons.